The monoisotopic (exact) mass is 330 g/mol. The second kappa shape index (κ2) is 2.92. The molecular weight excluding hydrogens is 312 g/mol. The first-order chi connectivity index (χ1) is 9.61. The Labute approximate surface area is 127 Å². The van der Waals surface area contributed by atoms with Gasteiger partial charge in [0.05, 0.1) is 5.60 Å². The third-order valence-electron chi connectivity index (χ3n) is 8.21. The Morgan fingerprint density at radius 3 is 2.50 bits per heavy atom. The highest BCUT2D eigenvalue weighted by molar-refractivity contribution is 9.09. The average Bonchev–Trinajstić information content (AvgIpc) is 3.16. The van der Waals surface area contributed by atoms with Gasteiger partial charge >= 0.3 is 0 Å². The van der Waals surface area contributed by atoms with Gasteiger partial charge in [-0.1, -0.05) is 53.2 Å². The first-order valence-electron chi connectivity index (χ1n) is 8.03. The highest BCUT2D eigenvalue weighted by atomic mass is 79.9. The van der Waals surface area contributed by atoms with Gasteiger partial charge < -0.3 is 5.11 Å². The summed E-state index contributed by atoms with van der Waals surface area (Å²) in [5.41, 5.74) is 0.990. The fourth-order valence-electron chi connectivity index (χ4n) is 8.28. The fraction of sp³-hybridized carbons (Fsp3) is 0.667. The van der Waals surface area contributed by atoms with Crippen LogP contribution >= 0.6 is 15.9 Å². The molecule has 0 spiro atoms. The minimum absolute atomic E-state index is 0.336. The number of hydrogen-bond acceptors (Lipinski definition) is 1. The predicted octanol–water partition coefficient (Wildman–Crippen LogP) is 3.42. The molecular formula is C18H19BrO. The lowest BCUT2D eigenvalue weighted by Crippen LogP contribution is -2.38. The van der Waals surface area contributed by atoms with Gasteiger partial charge in [0.2, 0.25) is 0 Å². The van der Waals surface area contributed by atoms with Crippen LogP contribution in [0.3, 0.4) is 0 Å². The number of aliphatic hydroxyl groups is 1. The van der Waals surface area contributed by atoms with Crippen molar-refractivity contribution in [1.82, 2.24) is 0 Å². The molecule has 0 saturated heterocycles. The van der Waals surface area contributed by atoms with E-state index in [0.717, 1.165) is 29.6 Å². The van der Waals surface area contributed by atoms with Gasteiger partial charge in [-0.25, -0.2) is 0 Å². The molecule has 20 heavy (non-hydrogen) atoms. The minimum Gasteiger partial charge on any atom is -0.385 e. The molecule has 0 aromatic heterocycles. The van der Waals surface area contributed by atoms with E-state index in [2.05, 4.69) is 53.2 Å². The van der Waals surface area contributed by atoms with Crippen LogP contribution in [-0.2, 0) is 5.60 Å². The topological polar surface area (TPSA) is 20.2 Å². The molecule has 1 N–H and O–H groups in total. The molecule has 6 saturated carbocycles. The maximum atomic E-state index is 11.8. The summed E-state index contributed by atoms with van der Waals surface area (Å²) in [4.78, 5) is 0.646. The Kier molecular flexibility index (Phi) is 1.64. The van der Waals surface area contributed by atoms with Crippen molar-refractivity contribution < 1.29 is 5.11 Å². The maximum absolute atomic E-state index is 11.8. The normalized spacial score (nSPS) is 67.0. The Morgan fingerprint density at radius 2 is 1.80 bits per heavy atom. The first kappa shape index (κ1) is 11.3. The SMILES string of the molecule is C[C@@]12[C@H]3[C@@H]4C[C@H]5[C@@H]([C@H]4[C@H]1Br)[C@H]2[C@](O)(c1ccccc1)[C@H]53. The third-order valence-corrected chi connectivity index (χ3v) is 9.81. The van der Waals surface area contributed by atoms with Crippen LogP contribution in [0.15, 0.2) is 30.3 Å². The van der Waals surface area contributed by atoms with Gasteiger partial charge in [-0.3, -0.25) is 0 Å². The zero-order valence-electron chi connectivity index (χ0n) is 11.5. The zero-order valence-corrected chi connectivity index (χ0v) is 13.1. The second-order valence-electron chi connectivity index (χ2n) is 8.21. The minimum atomic E-state index is -0.540. The Bertz CT molecular complexity index is 628. The molecule has 0 unspecified atom stereocenters. The van der Waals surface area contributed by atoms with Crippen LogP contribution in [0.5, 0.6) is 0 Å². The van der Waals surface area contributed by atoms with Crippen molar-refractivity contribution in [3.8, 4) is 0 Å². The standard InChI is InChI=1S/C18H19BrO/c1-17-13-10-7-9-11(12(10)16(17)19)15(17)18(20,14(9)13)8-5-3-2-4-6-8/h2-6,9-16,20H,7H2,1H3/t9-,10+,11-,12-,13-,14+,15+,16+,17-,18-/m0/s1. The predicted molar refractivity (Wildman–Crippen MR) is 80.2 cm³/mol. The van der Waals surface area contributed by atoms with Crippen LogP contribution < -0.4 is 0 Å². The Hall–Kier alpha value is -0.340. The van der Waals surface area contributed by atoms with Gasteiger partial charge in [-0.05, 0) is 52.9 Å². The van der Waals surface area contributed by atoms with Crippen molar-refractivity contribution in [3.05, 3.63) is 35.9 Å². The molecule has 6 bridgehead atoms. The number of alkyl halides is 1. The molecule has 1 aromatic carbocycles. The number of benzene rings is 1. The van der Waals surface area contributed by atoms with E-state index in [1.165, 1.54) is 12.0 Å². The van der Waals surface area contributed by atoms with E-state index >= 15 is 0 Å². The number of halogens is 1. The van der Waals surface area contributed by atoms with Crippen molar-refractivity contribution in [1.29, 1.82) is 0 Å². The van der Waals surface area contributed by atoms with Gasteiger partial charge in [0.1, 0.15) is 0 Å². The van der Waals surface area contributed by atoms with E-state index in [-0.39, 0.29) is 0 Å². The molecule has 0 heterocycles. The number of rotatable bonds is 1. The van der Waals surface area contributed by atoms with Crippen LogP contribution in [0, 0.1) is 46.8 Å². The summed E-state index contributed by atoms with van der Waals surface area (Å²) < 4.78 is 0. The van der Waals surface area contributed by atoms with E-state index in [1.54, 1.807) is 0 Å². The third kappa shape index (κ3) is 0.772. The van der Waals surface area contributed by atoms with Crippen LogP contribution in [0.1, 0.15) is 18.9 Å². The summed E-state index contributed by atoms with van der Waals surface area (Å²) in [6.45, 7) is 2.48. The van der Waals surface area contributed by atoms with Crippen LogP contribution in [-0.4, -0.2) is 9.93 Å². The largest absolute Gasteiger partial charge is 0.385 e. The van der Waals surface area contributed by atoms with Crippen molar-refractivity contribution in [2.24, 2.45) is 46.8 Å². The van der Waals surface area contributed by atoms with Gasteiger partial charge in [0.25, 0.3) is 0 Å². The van der Waals surface area contributed by atoms with Crippen molar-refractivity contribution in [2.75, 3.05) is 0 Å². The van der Waals surface area contributed by atoms with E-state index in [4.69, 9.17) is 0 Å². The van der Waals surface area contributed by atoms with E-state index in [9.17, 15) is 5.11 Å². The molecule has 2 heteroatoms. The molecule has 0 amide bonds. The van der Waals surface area contributed by atoms with Crippen LogP contribution in [0.25, 0.3) is 0 Å². The quantitative estimate of drug-likeness (QED) is 0.782. The van der Waals surface area contributed by atoms with E-state index in [1.807, 2.05) is 0 Å². The molecule has 6 fully saturated rings. The van der Waals surface area contributed by atoms with Gasteiger partial charge in [-0.15, -0.1) is 0 Å². The Balaban J connectivity index is 1.65. The van der Waals surface area contributed by atoms with Crippen LogP contribution in [0.4, 0.5) is 0 Å². The molecule has 0 radical (unpaired) electrons. The zero-order chi connectivity index (χ0) is 13.4. The summed E-state index contributed by atoms with van der Waals surface area (Å²) in [7, 11) is 0. The maximum Gasteiger partial charge on any atom is 0.0966 e. The Morgan fingerprint density at radius 1 is 1.10 bits per heavy atom. The second-order valence-corrected chi connectivity index (χ2v) is 9.19. The van der Waals surface area contributed by atoms with Crippen molar-refractivity contribution in [2.45, 2.75) is 23.8 Å². The molecule has 1 aromatic rings. The summed E-state index contributed by atoms with van der Waals surface area (Å²) in [6.07, 6.45) is 1.40. The smallest absolute Gasteiger partial charge is 0.0966 e. The van der Waals surface area contributed by atoms with Gasteiger partial charge in [0, 0.05) is 10.7 Å². The first-order valence-corrected chi connectivity index (χ1v) is 8.94. The molecule has 6 aliphatic rings. The molecule has 6 aliphatic carbocycles. The van der Waals surface area contributed by atoms with E-state index in [0.29, 0.717) is 22.1 Å². The van der Waals surface area contributed by atoms with Gasteiger partial charge in [0.15, 0.2) is 0 Å². The van der Waals surface area contributed by atoms with Crippen molar-refractivity contribution >= 4 is 15.9 Å². The van der Waals surface area contributed by atoms with Crippen LogP contribution in [0.2, 0.25) is 0 Å². The lowest BCUT2D eigenvalue weighted by atomic mass is 9.64. The molecule has 1 nitrogen and oxygen atoms in total. The van der Waals surface area contributed by atoms with Gasteiger partial charge in [-0.2, -0.15) is 0 Å². The molecule has 10 atom stereocenters. The highest BCUT2D eigenvalue weighted by Crippen LogP contribution is 2.91. The average molecular weight is 331 g/mol. The van der Waals surface area contributed by atoms with E-state index < -0.39 is 5.60 Å². The molecule has 7 rings (SSSR count). The lowest BCUT2D eigenvalue weighted by molar-refractivity contribution is -0.0284. The fourth-order valence-corrected chi connectivity index (χ4v) is 9.61. The highest BCUT2D eigenvalue weighted by Gasteiger charge is 2.91. The molecule has 104 valence electrons. The lowest BCUT2D eigenvalue weighted by Gasteiger charge is -2.40. The summed E-state index contributed by atoms with van der Waals surface area (Å²) in [5.74, 6) is 5.14. The molecule has 0 aliphatic heterocycles. The number of hydrogen-bond donors (Lipinski definition) is 1. The summed E-state index contributed by atoms with van der Waals surface area (Å²) >= 11 is 4.06. The summed E-state index contributed by atoms with van der Waals surface area (Å²) in [6, 6.07) is 10.6. The van der Waals surface area contributed by atoms with Crippen molar-refractivity contribution in [3.63, 3.8) is 0 Å². The summed E-state index contributed by atoms with van der Waals surface area (Å²) in [5, 5.41) is 11.8.